The van der Waals surface area contributed by atoms with E-state index in [1.54, 1.807) is 18.8 Å². The molecule has 1 aromatic rings. The number of amides is 1. The Hall–Kier alpha value is -1.01. The van der Waals surface area contributed by atoms with Crippen molar-refractivity contribution >= 4 is 17.7 Å². The summed E-state index contributed by atoms with van der Waals surface area (Å²) in [4.78, 5) is 11.0. The van der Waals surface area contributed by atoms with Gasteiger partial charge in [-0.2, -0.15) is 5.10 Å². The molecule has 0 saturated carbocycles. The monoisotopic (exact) mass is 242 g/mol. The summed E-state index contributed by atoms with van der Waals surface area (Å²) in [6, 6.07) is 1.78. The lowest BCUT2D eigenvalue weighted by Gasteiger charge is -2.11. The average Bonchev–Trinajstić information content (AvgIpc) is 2.52. The minimum absolute atomic E-state index is 0.248. The molecule has 1 rings (SSSR count). The van der Waals surface area contributed by atoms with E-state index in [0.717, 1.165) is 22.9 Å². The first kappa shape index (κ1) is 13.1. The maximum atomic E-state index is 11.0. The highest BCUT2D eigenvalue weighted by atomic mass is 32.2. The number of nitrogens with two attached hydrogens (primary N) is 1. The van der Waals surface area contributed by atoms with E-state index >= 15 is 0 Å². The lowest BCUT2D eigenvalue weighted by atomic mass is 10.2. The Balaban J connectivity index is 2.40. The molecule has 0 saturated heterocycles. The molecule has 3 N–H and O–H groups in total. The summed E-state index contributed by atoms with van der Waals surface area (Å²) in [5, 5.41) is 8.26. The zero-order valence-electron chi connectivity index (χ0n) is 9.86. The molecule has 0 spiro atoms. The Labute approximate surface area is 99.8 Å². The molecule has 0 aliphatic heterocycles. The lowest BCUT2D eigenvalue weighted by molar-refractivity contribution is -0.119. The van der Waals surface area contributed by atoms with Gasteiger partial charge < -0.3 is 11.1 Å². The smallest absolute Gasteiger partial charge is 0.234 e. The number of aromatic nitrogens is 2. The highest BCUT2D eigenvalue weighted by Gasteiger charge is 2.12. The third kappa shape index (κ3) is 3.53. The van der Waals surface area contributed by atoms with Gasteiger partial charge in [-0.05, 0) is 26.5 Å². The van der Waals surface area contributed by atoms with E-state index in [4.69, 9.17) is 5.73 Å². The molecule has 0 bridgehead atoms. The number of thioether (sulfide) groups is 1. The summed E-state index contributed by atoms with van der Waals surface area (Å²) in [6.45, 7) is 1.96. The Kier molecular flexibility index (Phi) is 4.82. The number of rotatable bonds is 6. The minimum atomic E-state index is -0.302. The van der Waals surface area contributed by atoms with Crippen LogP contribution < -0.4 is 11.1 Å². The minimum Gasteiger partial charge on any atom is -0.368 e. The van der Waals surface area contributed by atoms with Crippen LogP contribution in [0.25, 0.3) is 0 Å². The fourth-order valence-corrected chi connectivity index (χ4v) is 2.48. The second kappa shape index (κ2) is 5.91. The Morgan fingerprint density at radius 2 is 2.44 bits per heavy atom. The van der Waals surface area contributed by atoms with E-state index in [9.17, 15) is 4.79 Å². The topological polar surface area (TPSA) is 72.9 Å². The number of hydrogen-bond acceptors (Lipinski definition) is 4. The van der Waals surface area contributed by atoms with E-state index in [2.05, 4.69) is 10.4 Å². The molecular weight excluding hydrogens is 224 g/mol. The summed E-state index contributed by atoms with van der Waals surface area (Å²) in [6.07, 6.45) is 0.723. The Bertz CT molecular complexity index is 364. The van der Waals surface area contributed by atoms with Crippen molar-refractivity contribution in [3.63, 3.8) is 0 Å². The van der Waals surface area contributed by atoms with Gasteiger partial charge in [-0.15, -0.1) is 11.8 Å². The molecule has 5 nitrogen and oxygen atoms in total. The molecule has 16 heavy (non-hydrogen) atoms. The van der Waals surface area contributed by atoms with Gasteiger partial charge in [0.15, 0.2) is 0 Å². The van der Waals surface area contributed by atoms with Crippen molar-refractivity contribution in [2.75, 3.05) is 12.8 Å². The van der Waals surface area contributed by atoms with E-state index in [1.165, 1.54) is 0 Å². The Morgan fingerprint density at radius 3 is 2.88 bits per heavy atom. The van der Waals surface area contributed by atoms with Crippen LogP contribution >= 0.6 is 11.8 Å². The summed E-state index contributed by atoms with van der Waals surface area (Å²) in [7, 11) is 3.66. The van der Waals surface area contributed by atoms with Crippen LogP contribution in [0.3, 0.4) is 0 Å². The van der Waals surface area contributed by atoms with Crippen LogP contribution in [0.4, 0.5) is 0 Å². The number of aryl methyl sites for hydroxylation is 2. The normalized spacial score (nSPS) is 12.7. The molecule has 1 atom stereocenters. The van der Waals surface area contributed by atoms with Gasteiger partial charge in [0.25, 0.3) is 0 Å². The van der Waals surface area contributed by atoms with Gasteiger partial charge in [0.2, 0.25) is 5.91 Å². The first-order chi connectivity index (χ1) is 7.54. The summed E-state index contributed by atoms with van der Waals surface area (Å²) >= 11 is 1.68. The van der Waals surface area contributed by atoms with E-state index in [1.807, 2.05) is 24.7 Å². The van der Waals surface area contributed by atoms with Gasteiger partial charge in [-0.25, -0.2) is 0 Å². The van der Waals surface area contributed by atoms with Crippen LogP contribution in [0, 0.1) is 6.92 Å². The van der Waals surface area contributed by atoms with Crippen LogP contribution in [-0.4, -0.2) is 34.5 Å². The molecule has 6 heteroatoms. The molecule has 1 heterocycles. The van der Waals surface area contributed by atoms with Crippen LogP contribution in [0.2, 0.25) is 0 Å². The average molecular weight is 242 g/mol. The number of carbonyl (C=O) groups is 1. The van der Waals surface area contributed by atoms with Gasteiger partial charge in [-0.1, -0.05) is 0 Å². The van der Waals surface area contributed by atoms with E-state index < -0.39 is 0 Å². The Morgan fingerprint density at radius 1 is 1.75 bits per heavy atom. The predicted octanol–water partition coefficient (Wildman–Crippen LogP) is 0.284. The highest BCUT2D eigenvalue weighted by molar-refractivity contribution is 7.99. The SMILES string of the molecule is CNC(CCSc1cc(C)nn1C)C(N)=O. The van der Waals surface area contributed by atoms with Crippen molar-refractivity contribution in [3.05, 3.63) is 11.8 Å². The fourth-order valence-electron chi connectivity index (χ4n) is 1.43. The number of hydrogen-bond donors (Lipinski definition) is 2. The zero-order valence-corrected chi connectivity index (χ0v) is 10.7. The molecule has 0 aliphatic carbocycles. The summed E-state index contributed by atoms with van der Waals surface area (Å²) in [5.41, 5.74) is 6.24. The lowest BCUT2D eigenvalue weighted by Crippen LogP contribution is -2.39. The van der Waals surface area contributed by atoms with Crippen LogP contribution in [0.1, 0.15) is 12.1 Å². The third-order valence-corrected chi connectivity index (χ3v) is 3.43. The third-order valence-electron chi connectivity index (χ3n) is 2.31. The maximum absolute atomic E-state index is 11.0. The molecule has 0 fully saturated rings. The molecule has 90 valence electrons. The standard InChI is InChI=1S/C10H18N4OS/c1-7-6-9(14(3)13-7)16-5-4-8(12-2)10(11)15/h6,8,12H,4-5H2,1-3H3,(H2,11,15). The highest BCUT2D eigenvalue weighted by Crippen LogP contribution is 2.19. The molecule has 1 unspecified atom stereocenters. The fraction of sp³-hybridized carbons (Fsp3) is 0.600. The van der Waals surface area contributed by atoms with Crippen LogP contribution in [0.5, 0.6) is 0 Å². The number of nitrogens with one attached hydrogen (secondary N) is 1. The van der Waals surface area contributed by atoms with Gasteiger partial charge >= 0.3 is 0 Å². The van der Waals surface area contributed by atoms with Crippen molar-refractivity contribution in [2.24, 2.45) is 12.8 Å². The zero-order chi connectivity index (χ0) is 12.1. The molecule has 1 amide bonds. The van der Waals surface area contributed by atoms with Crippen LogP contribution in [0.15, 0.2) is 11.1 Å². The number of primary amides is 1. The van der Waals surface area contributed by atoms with Gasteiger partial charge in [0.1, 0.15) is 0 Å². The molecule has 0 radical (unpaired) electrons. The summed E-state index contributed by atoms with van der Waals surface area (Å²) < 4.78 is 1.85. The van der Waals surface area contributed by atoms with Crippen molar-refractivity contribution in [2.45, 2.75) is 24.4 Å². The number of carbonyl (C=O) groups excluding carboxylic acids is 1. The number of nitrogens with zero attached hydrogens (tertiary/aromatic N) is 2. The van der Waals surface area contributed by atoms with E-state index in [-0.39, 0.29) is 11.9 Å². The maximum Gasteiger partial charge on any atom is 0.234 e. The molecule has 0 aromatic carbocycles. The molecular formula is C10H18N4OS. The second-order valence-corrected chi connectivity index (χ2v) is 4.74. The largest absolute Gasteiger partial charge is 0.368 e. The first-order valence-electron chi connectivity index (χ1n) is 5.14. The molecule has 1 aromatic heterocycles. The van der Waals surface area contributed by atoms with Crippen molar-refractivity contribution < 1.29 is 4.79 Å². The first-order valence-corrected chi connectivity index (χ1v) is 6.13. The van der Waals surface area contributed by atoms with Gasteiger partial charge in [0, 0.05) is 12.8 Å². The second-order valence-electron chi connectivity index (χ2n) is 3.63. The number of likely N-dealkylation sites (N-methyl/N-ethyl adjacent to an activating group) is 1. The van der Waals surface area contributed by atoms with Gasteiger partial charge in [-0.3, -0.25) is 9.48 Å². The van der Waals surface area contributed by atoms with Crippen molar-refractivity contribution in [3.8, 4) is 0 Å². The molecule has 0 aliphatic rings. The quantitative estimate of drug-likeness (QED) is 0.703. The predicted molar refractivity (Wildman–Crippen MR) is 65.3 cm³/mol. The van der Waals surface area contributed by atoms with Crippen LogP contribution in [-0.2, 0) is 11.8 Å². The van der Waals surface area contributed by atoms with E-state index in [0.29, 0.717) is 0 Å². The van der Waals surface area contributed by atoms with Crippen molar-refractivity contribution in [1.29, 1.82) is 0 Å². The summed E-state index contributed by atoms with van der Waals surface area (Å²) in [5.74, 6) is 0.539. The van der Waals surface area contributed by atoms with Crippen molar-refractivity contribution in [1.82, 2.24) is 15.1 Å². The van der Waals surface area contributed by atoms with Gasteiger partial charge in [0.05, 0.1) is 16.8 Å².